The molecule has 0 amide bonds. The van der Waals surface area contributed by atoms with Gasteiger partial charge < -0.3 is 18.6 Å². The van der Waals surface area contributed by atoms with Crippen LogP contribution in [0.2, 0.25) is 0 Å². The molecule has 0 fully saturated rings. The second-order valence-corrected chi connectivity index (χ2v) is 16.6. The first-order chi connectivity index (χ1) is 31.8. The summed E-state index contributed by atoms with van der Waals surface area (Å²) in [7, 11) is 0. The first-order valence-corrected chi connectivity index (χ1v) is 21.9. The number of hydrogen-bond acceptors (Lipinski definition) is 1. The molecule has 0 aliphatic carbocycles. The van der Waals surface area contributed by atoms with Gasteiger partial charge in [0.2, 0.25) is 0 Å². The van der Waals surface area contributed by atoms with Crippen molar-refractivity contribution >= 4 is 82.5 Å². The molecule has 13 aromatic rings. The lowest BCUT2D eigenvalue weighted by atomic mass is 10.0. The van der Waals surface area contributed by atoms with Crippen molar-refractivity contribution in [2.45, 2.75) is 0 Å². The zero-order chi connectivity index (χ0) is 42.1. The zero-order valence-electron chi connectivity index (χ0n) is 34.9. The fourth-order valence-electron chi connectivity index (χ4n) is 10.1. The molecule has 0 saturated heterocycles. The molecular weight excluding hydrogens is 777 g/mol. The summed E-state index contributed by atoms with van der Waals surface area (Å²) >= 11 is 0. The van der Waals surface area contributed by atoms with Crippen LogP contribution in [0.5, 0.6) is 0 Å². The average molecular weight is 817 g/mol. The molecule has 300 valence electrons. The molecule has 0 saturated carbocycles. The predicted molar refractivity (Wildman–Crippen MR) is 270 cm³/mol. The van der Waals surface area contributed by atoms with E-state index in [0.29, 0.717) is 0 Å². The van der Waals surface area contributed by atoms with Gasteiger partial charge in [-0.05, 0) is 120 Å². The smallest absolute Gasteiger partial charge is 0.0548 e. The fraction of sp³-hybridized carbons (Fsp3) is 0. The number of benzene rings is 10. The lowest BCUT2D eigenvalue weighted by molar-refractivity contribution is 1.17. The zero-order valence-corrected chi connectivity index (χ0v) is 34.9. The van der Waals surface area contributed by atoms with E-state index in [1.54, 1.807) is 0 Å². The highest BCUT2D eigenvalue weighted by Crippen LogP contribution is 2.42. The van der Waals surface area contributed by atoms with Crippen LogP contribution in [-0.4, -0.2) is 13.7 Å². The second kappa shape index (κ2) is 14.5. The predicted octanol–water partition coefficient (Wildman–Crippen LogP) is 16.1. The lowest BCUT2D eigenvalue weighted by Crippen LogP contribution is -2.10. The minimum absolute atomic E-state index is 1.08. The van der Waals surface area contributed by atoms with E-state index in [2.05, 4.69) is 261 Å². The van der Waals surface area contributed by atoms with Gasteiger partial charge >= 0.3 is 0 Å². The van der Waals surface area contributed by atoms with E-state index < -0.39 is 0 Å². The number of anilines is 3. The fourth-order valence-corrected chi connectivity index (χ4v) is 10.1. The van der Waals surface area contributed by atoms with E-state index in [0.717, 1.165) is 34.1 Å². The van der Waals surface area contributed by atoms with Crippen LogP contribution >= 0.6 is 0 Å². The van der Waals surface area contributed by atoms with Crippen molar-refractivity contribution in [3.63, 3.8) is 0 Å². The van der Waals surface area contributed by atoms with Crippen LogP contribution in [0, 0.1) is 0 Å². The molecule has 10 aromatic carbocycles. The van der Waals surface area contributed by atoms with Gasteiger partial charge in [-0.1, -0.05) is 133 Å². The van der Waals surface area contributed by atoms with Gasteiger partial charge in [-0.25, -0.2) is 0 Å². The van der Waals surface area contributed by atoms with Crippen molar-refractivity contribution in [2.24, 2.45) is 0 Å². The molecule has 13 rings (SSSR count). The molecular formula is C60H40N4. The largest absolute Gasteiger partial charge is 0.311 e. The normalized spacial score (nSPS) is 11.8. The first kappa shape index (κ1) is 36.1. The molecule has 0 unspecified atom stereocenters. The Kier molecular flexibility index (Phi) is 8.18. The molecule has 0 aliphatic heterocycles. The standard InChI is InChI=1S/C60H40N4/c1-3-15-41(16-4-1)42-27-29-44(30-28-42)61(45-31-35-47(36-32-45)62-55-23-11-7-19-49(55)50-20-8-12-24-56(50)62)46-33-37-48(38-34-46)64-58-26-14-10-22-52(58)54-39-59-53(40-60(54)64)51-21-9-13-25-57(51)63(59)43-17-5-2-6-18-43/h1-40H. The molecule has 0 N–H and O–H groups in total. The summed E-state index contributed by atoms with van der Waals surface area (Å²) in [5.41, 5.74) is 16.2. The highest BCUT2D eigenvalue weighted by Gasteiger charge is 2.20. The highest BCUT2D eigenvalue weighted by atomic mass is 15.1. The Morgan fingerprint density at radius 3 is 0.938 bits per heavy atom. The van der Waals surface area contributed by atoms with Gasteiger partial charge in [0.25, 0.3) is 0 Å². The maximum absolute atomic E-state index is 2.43. The number of hydrogen-bond donors (Lipinski definition) is 0. The first-order valence-electron chi connectivity index (χ1n) is 21.9. The van der Waals surface area contributed by atoms with Gasteiger partial charge in [0, 0.05) is 66.4 Å². The second-order valence-electron chi connectivity index (χ2n) is 16.6. The van der Waals surface area contributed by atoms with Gasteiger partial charge in [-0.2, -0.15) is 0 Å². The summed E-state index contributed by atoms with van der Waals surface area (Å²) in [5.74, 6) is 0. The molecule has 0 atom stereocenters. The molecule has 4 heteroatoms. The monoisotopic (exact) mass is 816 g/mol. The minimum Gasteiger partial charge on any atom is -0.311 e. The SMILES string of the molecule is c1ccc(-c2ccc(N(c3ccc(-n4c5ccccc5c5ccccc54)cc3)c3ccc(-n4c5ccccc5c5cc6c(cc54)c4ccccc4n6-c4ccccc4)cc3)cc2)cc1. The van der Waals surface area contributed by atoms with Crippen LogP contribution in [0.25, 0.3) is 93.6 Å². The van der Waals surface area contributed by atoms with Crippen molar-refractivity contribution in [2.75, 3.05) is 4.90 Å². The minimum atomic E-state index is 1.08. The van der Waals surface area contributed by atoms with E-state index in [1.165, 1.54) is 76.5 Å². The number of rotatable bonds is 7. The number of fused-ring (bicyclic) bond motifs is 9. The molecule has 3 aromatic heterocycles. The maximum atomic E-state index is 2.43. The summed E-state index contributed by atoms with van der Waals surface area (Å²) in [6, 6.07) is 88.1. The number of para-hydroxylation sites is 5. The van der Waals surface area contributed by atoms with Crippen LogP contribution in [0.1, 0.15) is 0 Å². The molecule has 4 nitrogen and oxygen atoms in total. The van der Waals surface area contributed by atoms with Gasteiger partial charge in [0.1, 0.15) is 0 Å². The third kappa shape index (κ3) is 5.63. The summed E-state index contributed by atoms with van der Waals surface area (Å²) in [6.07, 6.45) is 0. The van der Waals surface area contributed by atoms with E-state index in [1.807, 2.05) is 0 Å². The van der Waals surface area contributed by atoms with E-state index >= 15 is 0 Å². The van der Waals surface area contributed by atoms with Crippen molar-refractivity contribution in [1.82, 2.24) is 13.7 Å². The van der Waals surface area contributed by atoms with Gasteiger partial charge in [-0.15, -0.1) is 0 Å². The molecule has 0 bridgehead atoms. The van der Waals surface area contributed by atoms with Crippen molar-refractivity contribution in [1.29, 1.82) is 0 Å². The molecule has 3 heterocycles. The van der Waals surface area contributed by atoms with E-state index in [-0.39, 0.29) is 0 Å². The Bertz CT molecular complexity index is 3800. The van der Waals surface area contributed by atoms with Crippen LogP contribution in [0.4, 0.5) is 17.1 Å². The van der Waals surface area contributed by atoms with E-state index in [4.69, 9.17) is 0 Å². The van der Waals surface area contributed by atoms with Crippen molar-refractivity contribution < 1.29 is 0 Å². The summed E-state index contributed by atoms with van der Waals surface area (Å²) in [5, 5.41) is 7.46. The van der Waals surface area contributed by atoms with E-state index in [9.17, 15) is 0 Å². The quantitative estimate of drug-likeness (QED) is 0.157. The molecule has 0 aliphatic rings. The Morgan fingerprint density at radius 2 is 0.516 bits per heavy atom. The Labute approximate surface area is 370 Å². The third-order valence-electron chi connectivity index (χ3n) is 13.0. The van der Waals surface area contributed by atoms with Crippen LogP contribution in [0.15, 0.2) is 243 Å². The Hall–Kier alpha value is -8.60. The van der Waals surface area contributed by atoms with Crippen molar-refractivity contribution in [3.8, 4) is 28.2 Å². The van der Waals surface area contributed by atoms with Crippen LogP contribution < -0.4 is 4.90 Å². The molecule has 0 radical (unpaired) electrons. The van der Waals surface area contributed by atoms with Crippen LogP contribution in [-0.2, 0) is 0 Å². The van der Waals surface area contributed by atoms with Crippen molar-refractivity contribution in [3.05, 3.63) is 243 Å². The third-order valence-corrected chi connectivity index (χ3v) is 13.0. The lowest BCUT2D eigenvalue weighted by Gasteiger charge is -2.26. The van der Waals surface area contributed by atoms with Gasteiger partial charge in [-0.3, -0.25) is 0 Å². The molecule has 64 heavy (non-hydrogen) atoms. The summed E-state index contributed by atoms with van der Waals surface area (Å²) in [4.78, 5) is 2.36. The summed E-state index contributed by atoms with van der Waals surface area (Å²) in [6.45, 7) is 0. The highest BCUT2D eigenvalue weighted by molar-refractivity contribution is 6.19. The molecule has 0 spiro atoms. The number of nitrogens with zero attached hydrogens (tertiary/aromatic N) is 4. The topological polar surface area (TPSA) is 18.0 Å². The average Bonchev–Trinajstić information content (AvgIpc) is 4.00. The number of aromatic nitrogens is 3. The Balaban J connectivity index is 0.953. The summed E-state index contributed by atoms with van der Waals surface area (Å²) < 4.78 is 7.21. The van der Waals surface area contributed by atoms with Crippen LogP contribution in [0.3, 0.4) is 0 Å². The maximum Gasteiger partial charge on any atom is 0.0548 e. The van der Waals surface area contributed by atoms with Gasteiger partial charge in [0.05, 0.1) is 33.1 Å². The Morgan fingerprint density at radius 1 is 0.219 bits per heavy atom. The van der Waals surface area contributed by atoms with Gasteiger partial charge in [0.15, 0.2) is 0 Å².